The molecule has 8 heteroatoms. The molecule has 0 aromatic carbocycles. The van der Waals surface area contributed by atoms with Crippen LogP contribution in [0.2, 0.25) is 0 Å². The van der Waals surface area contributed by atoms with E-state index in [4.69, 9.17) is 14.6 Å². The van der Waals surface area contributed by atoms with Crippen molar-refractivity contribution < 1.29 is 23.0 Å². The molecule has 1 rings (SSSR count). The monoisotopic (exact) mass is 292 g/mol. The van der Waals surface area contributed by atoms with Crippen molar-refractivity contribution in [1.82, 2.24) is 10.0 Å². The smallest absolute Gasteiger partial charge is 0.274 e. The molecule has 1 heterocycles. The normalized spacial score (nSPS) is 12.2. The topological polar surface area (TPSA) is 112 Å². The van der Waals surface area contributed by atoms with E-state index in [0.717, 1.165) is 13.0 Å². The molecule has 1 aromatic heterocycles. The van der Waals surface area contributed by atoms with E-state index in [1.54, 1.807) is 6.07 Å². The summed E-state index contributed by atoms with van der Waals surface area (Å²) in [5.41, 5.74) is 0. The molecule has 0 spiro atoms. The third-order valence-corrected chi connectivity index (χ3v) is 3.78. The number of hydrogen-bond donors (Lipinski definition) is 4. The quantitative estimate of drug-likeness (QED) is 0.453. The molecule has 110 valence electrons. The minimum absolute atomic E-state index is 0.229. The zero-order valence-electron chi connectivity index (χ0n) is 10.8. The van der Waals surface area contributed by atoms with Gasteiger partial charge >= 0.3 is 0 Å². The first kappa shape index (κ1) is 16.1. The van der Waals surface area contributed by atoms with E-state index in [2.05, 4.69) is 10.0 Å². The first-order valence-electron chi connectivity index (χ1n) is 6.07. The minimum atomic E-state index is -3.86. The molecular weight excluding hydrogens is 272 g/mol. The molecule has 0 atom stereocenters. The lowest BCUT2D eigenvalue weighted by atomic mass is 10.4. The number of nitrogens with one attached hydrogen (secondary N) is 2. The van der Waals surface area contributed by atoms with Crippen molar-refractivity contribution >= 4 is 10.0 Å². The summed E-state index contributed by atoms with van der Waals surface area (Å²) in [6.45, 7) is 2.33. The van der Waals surface area contributed by atoms with Gasteiger partial charge in [-0.15, -0.1) is 0 Å². The van der Waals surface area contributed by atoms with E-state index in [9.17, 15) is 8.42 Å². The third-order valence-electron chi connectivity index (χ3n) is 2.39. The lowest BCUT2D eigenvalue weighted by molar-refractivity contribution is 0.184. The Balaban J connectivity index is 2.68. The Hall–Kier alpha value is -0.930. The van der Waals surface area contributed by atoms with Crippen LogP contribution in [0, 0.1) is 0 Å². The summed E-state index contributed by atoms with van der Waals surface area (Å²) in [5.74, 6) is 0.512. The average Bonchev–Trinajstić information content (AvgIpc) is 2.86. The molecule has 1 aromatic rings. The summed E-state index contributed by atoms with van der Waals surface area (Å²) < 4.78 is 31.1. The second-order valence-electron chi connectivity index (χ2n) is 4.08. The van der Waals surface area contributed by atoms with E-state index >= 15 is 0 Å². The van der Waals surface area contributed by atoms with Crippen LogP contribution in [0.1, 0.15) is 19.1 Å². The lowest BCUT2D eigenvalue weighted by Crippen LogP contribution is -2.39. The van der Waals surface area contributed by atoms with Crippen molar-refractivity contribution in [2.24, 2.45) is 0 Å². The number of rotatable bonds is 9. The largest absolute Gasteiger partial charge is 0.447 e. The first-order chi connectivity index (χ1) is 9.03. The summed E-state index contributed by atoms with van der Waals surface area (Å²) in [6, 6.07) is 1.98. The fourth-order valence-corrected chi connectivity index (χ4v) is 2.56. The van der Waals surface area contributed by atoms with Gasteiger partial charge in [0, 0.05) is 0 Å². The SMILES string of the molecule is CCCNCc1ccc(S(=O)(=O)NC(CO)CO)o1. The van der Waals surface area contributed by atoms with Gasteiger partial charge in [-0.25, -0.2) is 13.1 Å². The molecule has 19 heavy (non-hydrogen) atoms. The lowest BCUT2D eigenvalue weighted by Gasteiger charge is -2.11. The summed E-state index contributed by atoms with van der Waals surface area (Å²) in [6.07, 6.45) is 0.974. The van der Waals surface area contributed by atoms with Gasteiger partial charge in [-0.05, 0) is 25.1 Å². The molecule has 0 bridgehead atoms. The fourth-order valence-electron chi connectivity index (χ4n) is 1.40. The van der Waals surface area contributed by atoms with Crippen molar-refractivity contribution in [3.8, 4) is 0 Å². The Morgan fingerprint density at radius 2 is 2.00 bits per heavy atom. The molecule has 0 saturated heterocycles. The van der Waals surface area contributed by atoms with Crippen molar-refractivity contribution in [3.63, 3.8) is 0 Å². The van der Waals surface area contributed by atoms with E-state index in [-0.39, 0.29) is 5.09 Å². The number of hydrogen-bond acceptors (Lipinski definition) is 6. The predicted molar refractivity (Wildman–Crippen MR) is 69.0 cm³/mol. The highest BCUT2D eigenvalue weighted by molar-refractivity contribution is 7.89. The second-order valence-corrected chi connectivity index (χ2v) is 5.73. The average molecular weight is 292 g/mol. The maximum absolute atomic E-state index is 11.9. The predicted octanol–water partition coefficient (Wildman–Crippen LogP) is -0.589. The van der Waals surface area contributed by atoms with Gasteiger partial charge < -0.3 is 19.9 Å². The van der Waals surface area contributed by atoms with Crippen LogP contribution in [0.4, 0.5) is 0 Å². The molecule has 0 amide bonds. The van der Waals surface area contributed by atoms with Crippen LogP contribution in [-0.4, -0.2) is 44.4 Å². The van der Waals surface area contributed by atoms with Gasteiger partial charge in [-0.3, -0.25) is 0 Å². The van der Waals surface area contributed by atoms with Gasteiger partial charge in [-0.2, -0.15) is 0 Å². The van der Waals surface area contributed by atoms with Crippen LogP contribution in [0.25, 0.3) is 0 Å². The van der Waals surface area contributed by atoms with Gasteiger partial charge in [0.1, 0.15) is 5.76 Å². The number of furan rings is 1. The van der Waals surface area contributed by atoms with Crippen LogP contribution in [-0.2, 0) is 16.6 Å². The van der Waals surface area contributed by atoms with E-state index in [1.165, 1.54) is 6.07 Å². The van der Waals surface area contributed by atoms with Crippen molar-refractivity contribution in [2.75, 3.05) is 19.8 Å². The molecule has 0 radical (unpaired) electrons. The van der Waals surface area contributed by atoms with Crippen molar-refractivity contribution in [3.05, 3.63) is 17.9 Å². The maximum atomic E-state index is 11.9. The first-order valence-corrected chi connectivity index (χ1v) is 7.55. The van der Waals surface area contributed by atoms with Crippen LogP contribution < -0.4 is 10.0 Å². The van der Waals surface area contributed by atoms with E-state index in [0.29, 0.717) is 12.3 Å². The van der Waals surface area contributed by atoms with Crippen molar-refractivity contribution in [1.29, 1.82) is 0 Å². The summed E-state index contributed by atoms with van der Waals surface area (Å²) in [5, 5.41) is 20.6. The summed E-state index contributed by atoms with van der Waals surface area (Å²) >= 11 is 0. The molecule has 0 aliphatic rings. The van der Waals surface area contributed by atoms with Crippen LogP contribution >= 0.6 is 0 Å². The zero-order valence-corrected chi connectivity index (χ0v) is 11.6. The van der Waals surface area contributed by atoms with Gasteiger partial charge in [0.25, 0.3) is 10.0 Å². The van der Waals surface area contributed by atoms with Crippen molar-refractivity contribution in [2.45, 2.75) is 31.0 Å². The van der Waals surface area contributed by atoms with Gasteiger partial charge in [-0.1, -0.05) is 6.92 Å². The maximum Gasteiger partial charge on any atom is 0.274 e. The Morgan fingerprint density at radius 1 is 1.32 bits per heavy atom. The molecule has 0 aliphatic heterocycles. The molecule has 0 fully saturated rings. The second kappa shape index (κ2) is 7.61. The highest BCUT2D eigenvalue weighted by Crippen LogP contribution is 2.14. The molecule has 0 unspecified atom stereocenters. The molecule has 0 aliphatic carbocycles. The zero-order chi connectivity index (χ0) is 14.3. The Labute approximate surface area is 112 Å². The highest BCUT2D eigenvalue weighted by Gasteiger charge is 2.22. The summed E-state index contributed by atoms with van der Waals surface area (Å²) in [7, 11) is -3.86. The Morgan fingerprint density at radius 3 is 2.58 bits per heavy atom. The highest BCUT2D eigenvalue weighted by atomic mass is 32.2. The number of sulfonamides is 1. The van der Waals surface area contributed by atoms with E-state index in [1.807, 2.05) is 6.92 Å². The van der Waals surface area contributed by atoms with Gasteiger partial charge in [0.15, 0.2) is 0 Å². The van der Waals surface area contributed by atoms with E-state index < -0.39 is 29.3 Å². The van der Waals surface area contributed by atoms with Crippen LogP contribution in [0.3, 0.4) is 0 Å². The molecular formula is C11H20N2O5S. The molecule has 4 N–H and O–H groups in total. The minimum Gasteiger partial charge on any atom is -0.447 e. The standard InChI is InChI=1S/C11H20N2O5S/c1-2-5-12-6-10-3-4-11(18-10)19(16,17)13-9(7-14)8-15/h3-4,9,12-15H,2,5-8H2,1H3. The third kappa shape index (κ3) is 4.92. The molecule has 0 saturated carbocycles. The fraction of sp³-hybridized carbons (Fsp3) is 0.636. The van der Waals surface area contributed by atoms with Crippen LogP contribution in [0.5, 0.6) is 0 Å². The molecule has 7 nitrogen and oxygen atoms in total. The summed E-state index contributed by atoms with van der Waals surface area (Å²) in [4.78, 5) is 0. The van der Waals surface area contributed by atoms with Gasteiger partial charge in [0.05, 0.1) is 25.8 Å². The van der Waals surface area contributed by atoms with Gasteiger partial charge in [0.2, 0.25) is 5.09 Å². The van der Waals surface area contributed by atoms with Crippen LogP contribution in [0.15, 0.2) is 21.6 Å². The number of aliphatic hydroxyl groups excluding tert-OH is 2. The Bertz CT molecular complexity index is 467. The number of aliphatic hydroxyl groups is 2. The Kier molecular flexibility index (Phi) is 6.46.